The first-order chi connectivity index (χ1) is 10.5. The molecule has 1 amide bonds. The van der Waals surface area contributed by atoms with Gasteiger partial charge in [0.25, 0.3) is 0 Å². The van der Waals surface area contributed by atoms with Gasteiger partial charge in [-0.3, -0.25) is 4.79 Å². The highest BCUT2D eigenvalue weighted by atomic mass is 35.5. The number of rotatable bonds is 5. The van der Waals surface area contributed by atoms with Crippen LogP contribution in [0.4, 0.5) is 0 Å². The van der Waals surface area contributed by atoms with E-state index in [1.165, 1.54) is 11.1 Å². The lowest BCUT2D eigenvalue weighted by molar-refractivity contribution is -0.130. The molecule has 22 heavy (non-hydrogen) atoms. The molecule has 1 aliphatic rings. The molecule has 2 nitrogen and oxygen atoms in total. The second-order valence-corrected chi connectivity index (χ2v) is 6.33. The van der Waals surface area contributed by atoms with Gasteiger partial charge in [-0.2, -0.15) is 0 Å². The largest absolute Gasteiger partial charge is 0.332 e. The highest BCUT2D eigenvalue weighted by molar-refractivity contribution is 6.31. The topological polar surface area (TPSA) is 20.3 Å². The van der Waals surface area contributed by atoms with Crippen LogP contribution in [0.2, 0.25) is 5.02 Å². The molecule has 1 aliphatic heterocycles. The summed E-state index contributed by atoms with van der Waals surface area (Å²) >= 11 is 6.25. The Bertz CT molecular complexity index is 598. The van der Waals surface area contributed by atoms with E-state index in [0.29, 0.717) is 11.4 Å². The van der Waals surface area contributed by atoms with Crippen LogP contribution in [0.25, 0.3) is 0 Å². The van der Waals surface area contributed by atoms with Crippen molar-refractivity contribution in [3.8, 4) is 0 Å². The van der Waals surface area contributed by atoms with Crippen molar-refractivity contribution >= 4 is 17.5 Å². The minimum atomic E-state index is 0.106. The second kappa shape index (κ2) is 7.15. The van der Waals surface area contributed by atoms with Gasteiger partial charge < -0.3 is 4.90 Å². The minimum Gasteiger partial charge on any atom is -0.332 e. The van der Waals surface area contributed by atoms with Crippen LogP contribution in [0, 0.1) is 6.92 Å². The highest BCUT2D eigenvalue weighted by Crippen LogP contribution is 2.29. The third-order valence-corrected chi connectivity index (χ3v) is 4.81. The monoisotopic (exact) mass is 317 g/mol. The lowest BCUT2D eigenvalue weighted by Crippen LogP contribution is -2.36. The molecule has 0 spiro atoms. The number of hydrogen-bond donors (Lipinski definition) is 0. The van der Waals surface area contributed by atoms with Gasteiger partial charge in [-0.25, -0.2) is 0 Å². The number of hydrogen-bond acceptors (Lipinski definition) is 1. The van der Waals surface area contributed by atoms with Crippen LogP contribution < -0.4 is 0 Å². The van der Waals surface area contributed by atoms with Crippen molar-refractivity contribution in [3.63, 3.8) is 0 Å². The molecular formula is C19H24ClNO. The van der Waals surface area contributed by atoms with Crippen LogP contribution in [0.5, 0.6) is 0 Å². The van der Waals surface area contributed by atoms with Crippen LogP contribution in [0.1, 0.15) is 37.8 Å². The first kappa shape index (κ1) is 16.8. The number of nitrogens with zero attached hydrogens (tertiary/aromatic N) is 1. The smallest absolute Gasteiger partial charge is 0.227 e. The van der Waals surface area contributed by atoms with Crippen molar-refractivity contribution < 1.29 is 4.79 Å². The zero-order valence-corrected chi connectivity index (χ0v) is 14.4. The summed E-state index contributed by atoms with van der Waals surface area (Å²) in [5.41, 5.74) is 4.56. The van der Waals surface area contributed by atoms with E-state index >= 15 is 0 Å². The third kappa shape index (κ3) is 3.27. The normalized spacial score (nSPS) is 18.0. The number of amides is 1. The summed E-state index contributed by atoms with van der Waals surface area (Å²) in [6.07, 6.45) is 4.38. The third-order valence-electron chi connectivity index (χ3n) is 4.46. The maximum absolute atomic E-state index is 12.7. The molecule has 0 fully saturated rings. The quantitative estimate of drug-likeness (QED) is 0.770. The van der Waals surface area contributed by atoms with Gasteiger partial charge in [-0.05, 0) is 48.6 Å². The van der Waals surface area contributed by atoms with Crippen molar-refractivity contribution in [2.75, 3.05) is 6.54 Å². The summed E-state index contributed by atoms with van der Waals surface area (Å²) in [5.74, 6) is 0.133. The van der Waals surface area contributed by atoms with Gasteiger partial charge in [0.1, 0.15) is 0 Å². The van der Waals surface area contributed by atoms with Crippen LogP contribution >= 0.6 is 11.6 Å². The number of aryl methyl sites for hydroxylation is 1. The van der Waals surface area contributed by atoms with E-state index in [1.54, 1.807) is 0 Å². The van der Waals surface area contributed by atoms with E-state index in [0.717, 1.165) is 30.5 Å². The van der Waals surface area contributed by atoms with Gasteiger partial charge >= 0.3 is 0 Å². The number of benzene rings is 1. The molecule has 1 heterocycles. The average molecular weight is 318 g/mol. The van der Waals surface area contributed by atoms with Crippen LogP contribution in [0.15, 0.2) is 42.0 Å². The maximum atomic E-state index is 12.7. The Labute approximate surface area is 138 Å². The summed E-state index contributed by atoms with van der Waals surface area (Å²) in [5, 5.41) is 0.672. The Hall–Kier alpha value is -1.54. The number of halogens is 1. The Kier molecular flexibility index (Phi) is 5.47. The standard InChI is InChI=1S/C19H24ClNO/c1-5-8-15-12-21(14(4)16(15)6-2)19(22)11-17-13(3)9-7-10-18(17)20/h6-7,9-10,14H,2,5,8,11-12H2,1,3-4H3. The fourth-order valence-electron chi connectivity index (χ4n) is 3.18. The molecule has 0 radical (unpaired) electrons. The van der Waals surface area contributed by atoms with Gasteiger partial charge in [-0.1, -0.05) is 49.7 Å². The first-order valence-electron chi connectivity index (χ1n) is 7.87. The van der Waals surface area contributed by atoms with E-state index in [9.17, 15) is 4.79 Å². The van der Waals surface area contributed by atoms with E-state index in [2.05, 4.69) is 20.4 Å². The predicted molar refractivity (Wildman–Crippen MR) is 93.2 cm³/mol. The molecule has 0 N–H and O–H groups in total. The van der Waals surface area contributed by atoms with Crippen molar-refractivity contribution in [3.05, 3.63) is 58.1 Å². The maximum Gasteiger partial charge on any atom is 0.227 e. The highest BCUT2D eigenvalue weighted by Gasteiger charge is 2.30. The molecular weight excluding hydrogens is 294 g/mol. The van der Waals surface area contributed by atoms with Crippen LogP contribution in [-0.2, 0) is 11.2 Å². The van der Waals surface area contributed by atoms with Crippen molar-refractivity contribution in [2.45, 2.75) is 46.1 Å². The zero-order valence-electron chi connectivity index (χ0n) is 13.7. The van der Waals surface area contributed by atoms with E-state index in [4.69, 9.17) is 11.6 Å². The molecule has 0 saturated heterocycles. The SMILES string of the molecule is C=CC1=C(CCC)CN(C(=O)Cc2c(C)cccc2Cl)C1C. The van der Waals surface area contributed by atoms with Gasteiger partial charge in [-0.15, -0.1) is 0 Å². The molecule has 0 aromatic heterocycles. The summed E-state index contributed by atoms with van der Waals surface area (Å²) in [7, 11) is 0. The van der Waals surface area contributed by atoms with Gasteiger partial charge in [0, 0.05) is 11.6 Å². The van der Waals surface area contributed by atoms with Crippen molar-refractivity contribution in [1.29, 1.82) is 0 Å². The molecule has 1 unspecified atom stereocenters. The Balaban J connectivity index is 2.17. The molecule has 0 bridgehead atoms. The van der Waals surface area contributed by atoms with Crippen LogP contribution in [0.3, 0.4) is 0 Å². The van der Waals surface area contributed by atoms with Gasteiger partial charge in [0.15, 0.2) is 0 Å². The Morgan fingerprint density at radius 2 is 2.23 bits per heavy atom. The van der Waals surface area contributed by atoms with Crippen LogP contribution in [-0.4, -0.2) is 23.4 Å². The predicted octanol–water partition coefficient (Wildman–Crippen LogP) is 4.70. The molecule has 0 aliphatic carbocycles. The molecule has 3 heteroatoms. The zero-order chi connectivity index (χ0) is 16.3. The lowest BCUT2D eigenvalue weighted by Gasteiger charge is -2.24. The molecule has 1 aromatic carbocycles. The fourth-order valence-corrected chi connectivity index (χ4v) is 3.47. The number of carbonyl (C=O) groups excluding carboxylic acids is 1. The van der Waals surface area contributed by atoms with Crippen molar-refractivity contribution in [1.82, 2.24) is 4.90 Å². The summed E-state index contributed by atoms with van der Waals surface area (Å²) in [6.45, 7) is 10.9. The molecule has 1 aromatic rings. The van der Waals surface area contributed by atoms with Crippen molar-refractivity contribution in [2.24, 2.45) is 0 Å². The minimum absolute atomic E-state index is 0.106. The average Bonchev–Trinajstić information content (AvgIpc) is 2.79. The Morgan fingerprint density at radius 1 is 1.50 bits per heavy atom. The summed E-state index contributed by atoms with van der Waals surface area (Å²) < 4.78 is 0. The summed E-state index contributed by atoms with van der Waals surface area (Å²) in [6, 6.07) is 5.87. The van der Waals surface area contributed by atoms with Gasteiger partial charge in [0.05, 0.1) is 12.5 Å². The molecule has 118 valence electrons. The molecule has 0 saturated carbocycles. The second-order valence-electron chi connectivity index (χ2n) is 5.92. The number of carbonyl (C=O) groups is 1. The lowest BCUT2D eigenvalue weighted by atomic mass is 10.0. The fraction of sp³-hybridized carbons (Fsp3) is 0.421. The van der Waals surface area contributed by atoms with E-state index in [1.807, 2.05) is 36.1 Å². The van der Waals surface area contributed by atoms with E-state index < -0.39 is 0 Å². The van der Waals surface area contributed by atoms with Gasteiger partial charge in [0.2, 0.25) is 5.91 Å². The first-order valence-corrected chi connectivity index (χ1v) is 8.25. The molecule has 2 rings (SSSR count). The summed E-state index contributed by atoms with van der Waals surface area (Å²) in [4.78, 5) is 14.7. The Morgan fingerprint density at radius 3 is 2.82 bits per heavy atom. The molecule has 1 atom stereocenters. The van der Waals surface area contributed by atoms with E-state index in [-0.39, 0.29) is 11.9 Å².